The number of carbonyl (C=O) groups is 3. The Balaban J connectivity index is 1.67. The lowest BCUT2D eigenvalue weighted by Crippen LogP contribution is -2.41. The van der Waals surface area contributed by atoms with Crippen LogP contribution in [-0.4, -0.2) is 42.3 Å². The van der Waals surface area contributed by atoms with Crippen LogP contribution in [0.15, 0.2) is 77.3 Å². The number of amides is 3. The Bertz CT molecular complexity index is 1160. The summed E-state index contributed by atoms with van der Waals surface area (Å²) in [5.41, 5.74) is 1.82. The van der Waals surface area contributed by atoms with Crippen LogP contribution in [0.25, 0.3) is 0 Å². The third kappa shape index (κ3) is 4.03. The lowest BCUT2D eigenvalue weighted by Gasteiger charge is -2.27. The second-order valence-corrected chi connectivity index (χ2v) is 8.00. The molecule has 1 aliphatic rings. The van der Waals surface area contributed by atoms with Crippen LogP contribution >= 0.6 is 15.9 Å². The number of imide groups is 1. The molecule has 0 radical (unpaired) electrons. The molecule has 0 saturated heterocycles. The van der Waals surface area contributed by atoms with Crippen LogP contribution in [0, 0.1) is 0 Å². The van der Waals surface area contributed by atoms with E-state index in [1.807, 2.05) is 25.1 Å². The molecular formula is C25H21BrN2O4. The highest BCUT2D eigenvalue weighted by Crippen LogP contribution is 2.31. The number of fused-ring (bicyclic) bond motifs is 1. The molecule has 3 amide bonds. The minimum absolute atomic E-state index is 0.0585. The number of ether oxygens (including phenoxy) is 1. The predicted molar refractivity (Wildman–Crippen MR) is 125 cm³/mol. The summed E-state index contributed by atoms with van der Waals surface area (Å²) in [5, 5.41) is 0. The normalized spacial score (nSPS) is 12.6. The van der Waals surface area contributed by atoms with Crippen LogP contribution in [-0.2, 0) is 0 Å². The van der Waals surface area contributed by atoms with E-state index in [9.17, 15) is 14.4 Å². The Morgan fingerprint density at radius 2 is 1.50 bits per heavy atom. The summed E-state index contributed by atoms with van der Waals surface area (Å²) in [6.07, 6.45) is 0. The third-order valence-electron chi connectivity index (χ3n) is 5.23. The lowest BCUT2D eigenvalue weighted by molar-refractivity contribution is 0.0654. The number of anilines is 1. The summed E-state index contributed by atoms with van der Waals surface area (Å²) in [7, 11) is 0. The zero-order valence-electron chi connectivity index (χ0n) is 17.5. The molecule has 0 aromatic heterocycles. The largest absolute Gasteiger partial charge is 0.492 e. The number of hydrogen-bond donors (Lipinski definition) is 0. The first-order valence-electron chi connectivity index (χ1n) is 10.3. The first-order valence-corrected chi connectivity index (χ1v) is 11.1. The fourth-order valence-corrected chi connectivity index (χ4v) is 4.17. The molecule has 7 heteroatoms. The summed E-state index contributed by atoms with van der Waals surface area (Å²) in [5.74, 6) is -0.409. The first kappa shape index (κ1) is 21.8. The van der Waals surface area contributed by atoms with Crippen LogP contribution in [0.4, 0.5) is 5.69 Å². The third-order valence-corrected chi connectivity index (χ3v) is 5.92. The SMILES string of the molecule is CCOc1ccccc1N(CCN1C(=O)c2ccccc2C1=O)C(=O)c1ccccc1Br. The van der Waals surface area contributed by atoms with E-state index in [1.54, 1.807) is 59.5 Å². The second-order valence-electron chi connectivity index (χ2n) is 7.14. The van der Waals surface area contributed by atoms with Crippen molar-refractivity contribution in [1.82, 2.24) is 4.90 Å². The molecule has 0 atom stereocenters. The summed E-state index contributed by atoms with van der Waals surface area (Å²) in [4.78, 5) is 41.9. The molecule has 0 bridgehead atoms. The summed E-state index contributed by atoms with van der Waals surface area (Å²) in [6, 6.07) is 21.1. The number of nitrogens with zero attached hydrogens (tertiary/aromatic N) is 2. The van der Waals surface area contributed by atoms with Crippen molar-refractivity contribution in [3.63, 3.8) is 0 Å². The van der Waals surface area contributed by atoms with Gasteiger partial charge in [0.25, 0.3) is 17.7 Å². The summed E-state index contributed by atoms with van der Waals surface area (Å²) >= 11 is 3.45. The quantitative estimate of drug-likeness (QED) is 0.444. The molecule has 4 rings (SSSR count). The number of benzene rings is 3. The Hall–Kier alpha value is -3.45. The highest BCUT2D eigenvalue weighted by Gasteiger charge is 2.35. The van der Waals surface area contributed by atoms with Gasteiger partial charge in [-0.2, -0.15) is 0 Å². The average molecular weight is 493 g/mol. The zero-order chi connectivity index (χ0) is 22.7. The van der Waals surface area contributed by atoms with E-state index < -0.39 is 0 Å². The highest BCUT2D eigenvalue weighted by molar-refractivity contribution is 9.10. The van der Waals surface area contributed by atoms with E-state index in [1.165, 1.54) is 4.90 Å². The van der Waals surface area contributed by atoms with E-state index in [0.717, 1.165) is 0 Å². The predicted octanol–water partition coefficient (Wildman–Crippen LogP) is 4.79. The van der Waals surface area contributed by atoms with Crippen molar-refractivity contribution in [2.24, 2.45) is 0 Å². The van der Waals surface area contributed by atoms with Gasteiger partial charge in [-0.25, -0.2) is 0 Å². The van der Waals surface area contributed by atoms with Crippen molar-refractivity contribution in [3.05, 3.63) is 94.0 Å². The smallest absolute Gasteiger partial charge is 0.261 e. The van der Waals surface area contributed by atoms with Gasteiger partial charge in [-0.05, 0) is 59.3 Å². The van der Waals surface area contributed by atoms with Gasteiger partial charge in [0.2, 0.25) is 0 Å². The first-order chi connectivity index (χ1) is 15.5. The molecule has 3 aromatic carbocycles. The van der Waals surface area contributed by atoms with Crippen molar-refractivity contribution in [2.75, 3.05) is 24.6 Å². The molecule has 0 aliphatic carbocycles. The molecule has 3 aromatic rings. The van der Waals surface area contributed by atoms with Gasteiger partial charge in [0.1, 0.15) is 5.75 Å². The van der Waals surface area contributed by atoms with Crippen molar-refractivity contribution in [1.29, 1.82) is 0 Å². The van der Waals surface area contributed by atoms with Gasteiger partial charge in [-0.15, -0.1) is 0 Å². The van der Waals surface area contributed by atoms with Crippen LogP contribution in [0.2, 0.25) is 0 Å². The van der Waals surface area contributed by atoms with Gasteiger partial charge in [-0.3, -0.25) is 19.3 Å². The fourth-order valence-electron chi connectivity index (χ4n) is 3.71. The molecule has 32 heavy (non-hydrogen) atoms. The molecule has 0 N–H and O–H groups in total. The number of halogens is 1. The maximum atomic E-state index is 13.6. The number of para-hydroxylation sites is 2. The Morgan fingerprint density at radius 3 is 2.16 bits per heavy atom. The monoisotopic (exact) mass is 492 g/mol. The molecule has 0 saturated carbocycles. The van der Waals surface area contributed by atoms with Gasteiger partial charge >= 0.3 is 0 Å². The van der Waals surface area contributed by atoms with Gasteiger partial charge in [0.15, 0.2) is 0 Å². The van der Waals surface area contributed by atoms with Crippen molar-refractivity contribution >= 4 is 39.3 Å². The Labute approximate surface area is 194 Å². The molecule has 1 aliphatic heterocycles. The molecule has 0 spiro atoms. The van der Waals surface area contributed by atoms with E-state index in [-0.39, 0.29) is 30.8 Å². The van der Waals surface area contributed by atoms with Crippen LogP contribution in [0.3, 0.4) is 0 Å². The summed E-state index contributed by atoms with van der Waals surface area (Å²) < 4.78 is 6.40. The van der Waals surface area contributed by atoms with Gasteiger partial charge < -0.3 is 9.64 Å². The molecule has 1 heterocycles. The van der Waals surface area contributed by atoms with Crippen LogP contribution in [0.5, 0.6) is 5.75 Å². The van der Waals surface area contributed by atoms with Gasteiger partial charge in [0, 0.05) is 17.6 Å². The maximum absolute atomic E-state index is 13.6. The van der Waals surface area contributed by atoms with Gasteiger partial charge in [0.05, 0.1) is 29.0 Å². The topological polar surface area (TPSA) is 66.9 Å². The average Bonchev–Trinajstić information content (AvgIpc) is 3.05. The lowest BCUT2D eigenvalue weighted by atomic mass is 10.1. The number of rotatable bonds is 7. The molecular weight excluding hydrogens is 472 g/mol. The van der Waals surface area contributed by atoms with Crippen molar-refractivity contribution in [3.8, 4) is 5.75 Å². The minimum atomic E-state index is -0.350. The molecule has 0 unspecified atom stereocenters. The van der Waals surface area contributed by atoms with Crippen molar-refractivity contribution in [2.45, 2.75) is 6.92 Å². The molecule has 162 valence electrons. The zero-order valence-corrected chi connectivity index (χ0v) is 19.0. The standard InChI is InChI=1S/C25H21BrN2O4/c1-2-32-22-14-8-7-13-21(22)27(25(31)19-11-5-6-12-20(19)26)15-16-28-23(29)17-9-3-4-10-18(17)24(28)30/h3-14H,2,15-16H2,1H3. The number of hydrogen-bond acceptors (Lipinski definition) is 4. The highest BCUT2D eigenvalue weighted by atomic mass is 79.9. The van der Waals surface area contributed by atoms with Gasteiger partial charge in [-0.1, -0.05) is 36.4 Å². The van der Waals surface area contributed by atoms with E-state index in [0.29, 0.717) is 39.2 Å². The number of carbonyl (C=O) groups excluding carboxylic acids is 3. The molecule has 6 nitrogen and oxygen atoms in total. The Kier molecular flexibility index (Phi) is 6.37. The van der Waals surface area contributed by atoms with E-state index >= 15 is 0 Å². The van der Waals surface area contributed by atoms with E-state index in [2.05, 4.69) is 15.9 Å². The molecule has 0 fully saturated rings. The van der Waals surface area contributed by atoms with Crippen LogP contribution in [0.1, 0.15) is 38.0 Å². The van der Waals surface area contributed by atoms with Crippen LogP contribution < -0.4 is 9.64 Å². The minimum Gasteiger partial charge on any atom is -0.492 e. The fraction of sp³-hybridized carbons (Fsp3) is 0.160. The van der Waals surface area contributed by atoms with E-state index in [4.69, 9.17) is 4.74 Å². The Morgan fingerprint density at radius 1 is 0.906 bits per heavy atom. The summed E-state index contributed by atoms with van der Waals surface area (Å²) in [6.45, 7) is 2.49. The maximum Gasteiger partial charge on any atom is 0.261 e. The second kappa shape index (κ2) is 9.36. The van der Waals surface area contributed by atoms with Crippen molar-refractivity contribution < 1.29 is 19.1 Å².